The van der Waals surface area contributed by atoms with Gasteiger partial charge in [0.2, 0.25) is 0 Å². The van der Waals surface area contributed by atoms with Gasteiger partial charge in [-0.2, -0.15) is 0 Å². The van der Waals surface area contributed by atoms with Crippen molar-refractivity contribution in [2.75, 3.05) is 19.6 Å². The van der Waals surface area contributed by atoms with E-state index >= 15 is 0 Å². The fourth-order valence-corrected chi connectivity index (χ4v) is 2.75. The normalized spacial score (nSPS) is 21.2. The summed E-state index contributed by atoms with van der Waals surface area (Å²) in [7, 11) is 2.07. The first kappa shape index (κ1) is 12.6. The Hall–Kier alpha value is -0.870. The van der Waals surface area contributed by atoms with Crippen molar-refractivity contribution in [2.24, 2.45) is 12.8 Å². The number of nitrogens with two attached hydrogens (primary N) is 1. The molecule has 17 heavy (non-hydrogen) atoms. The minimum atomic E-state index is 0.763. The fourth-order valence-electron chi connectivity index (χ4n) is 2.75. The first-order chi connectivity index (χ1) is 8.31. The molecular weight excluding hydrogens is 212 g/mol. The molecule has 4 nitrogen and oxygen atoms in total. The van der Waals surface area contributed by atoms with Gasteiger partial charge < -0.3 is 10.3 Å². The second kappa shape index (κ2) is 6.17. The van der Waals surface area contributed by atoms with Crippen LogP contribution >= 0.6 is 0 Å². The number of hydrogen-bond donors (Lipinski definition) is 1. The Kier molecular flexibility index (Phi) is 4.57. The highest BCUT2D eigenvalue weighted by molar-refractivity contribution is 4.93. The smallest absolute Gasteiger partial charge is 0.109 e. The van der Waals surface area contributed by atoms with Crippen LogP contribution in [0.15, 0.2) is 12.4 Å². The molecule has 1 saturated heterocycles. The summed E-state index contributed by atoms with van der Waals surface area (Å²) in [5.41, 5.74) is 5.59. The second-order valence-electron chi connectivity index (χ2n) is 4.97. The average molecular weight is 236 g/mol. The molecule has 0 amide bonds. The number of hydrogen-bond acceptors (Lipinski definition) is 3. The molecular formula is C13H24N4. The summed E-state index contributed by atoms with van der Waals surface area (Å²) in [6.07, 6.45) is 10.1. The van der Waals surface area contributed by atoms with Crippen molar-refractivity contribution < 1.29 is 0 Å². The Morgan fingerprint density at radius 1 is 1.53 bits per heavy atom. The lowest BCUT2D eigenvalue weighted by atomic mass is 10.1. The van der Waals surface area contributed by atoms with E-state index in [0.29, 0.717) is 0 Å². The number of nitrogens with zero attached hydrogens (tertiary/aromatic N) is 3. The summed E-state index contributed by atoms with van der Waals surface area (Å²) in [6.45, 7) is 3.21. The highest BCUT2D eigenvalue weighted by atomic mass is 15.2. The number of rotatable bonds is 6. The molecule has 0 spiro atoms. The van der Waals surface area contributed by atoms with Gasteiger partial charge in [-0.25, -0.2) is 4.98 Å². The predicted octanol–water partition coefficient (Wildman–Crippen LogP) is 1.17. The molecule has 0 radical (unpaired) electrons. The standard InChI is InChI=1S/C13H24N4/c1-16-11-8-15-13(16)6-10-17-9-3-5-12(17)4-2-7-14/h8,11-12H,2-7,9-10,14H2,1H3. The molecule has 1 atom stereocenters. The summed E-state index contributed by atoms with van der Waals surface area (Å²) in [4.78, 5) is 7.00. The van der Waals surface area contributed by atoms with E-state index in [-0.39, 0.29) is 0 Å². The number of imidazole rings is 1. The molecule has 1 unspecified atom stereocenters. The van der Waals surface area contributed by atoms with Crippen LogP contribution < -0.4 is 5.73 Å². The van der Waals surface area contributed by atoms with Crippen molar-refractivity contribution >= 4 is 0 Å². The Morgan fingerprint density at radius 3 is 3.12 bits per heavy atom. The topological polar surface area (TPSA) is 47.1 Å². The number of aromatic nitrogens is 2. The molecule has 1 aromatic rings. The first-order valence-corrected chi connectivity index (χ1v) is 6.71. The van der Waals surface area contributed by atoms with Gasteiger partial charge in [0.15, 0.2) is 0 Å². The third-order valence-corrected chi connectivity index (χ3v) is 3.78. The summed E-state index contributed by atoms with van der Waals surface area (Å²) in [6, 6.07) is 0.763. The molecule has 2 heterocycles. The lowest BCUT2D eigenvalue weighted by molar-refractivity contribution is 0.241. The van der Waals surface area contributed by atoms with E-state index in [4.69, 9.17) is 5.73 Å². The zero-order chi connectivity index (χ0) is 12.1. The van der Waals surface area contributed by atoms with Crippen molar-refractivity contribution in [3.8, 4) is 0 Å². The molecule has 1 aliphatic rings. The van der Waals surface area contributed by atoms with Crippen molar-refractivity contribution in [3.63, 3.8) is 0 Å². The van der Waals surface area contributed by atoms with Gasteiger partial charge in [0.25, 0.3) is 0 Å². The van der Waals surface area contributed by atoms with Gasteiger partial charge in [-0.3, -0.25) is 4.90 Å². The van der Waals surface area contributed by atoms with Crippen molar-refractivity contribution in [1.82, 2.24) is 14.5 Å². The van der Waals surface area contributed by atoms with Gasteiger partial charge in [-0.05, 0) is 38.8 Å². The zero-order valence-electron chi connectivity index (χ0n) is 10.8. The van der Waals surface area contributed by atoms with Crippen LogP contribution in [0.3, 0.4) is 0 Å². The van der Waals surface area contributed by atoms with Crippen LogP contribution in [0.25, 0.3) is 0 Å². The summed E-state index contributed by atoms with van der Waals surface area (Å²) in [5.74, 6) is 1.19. The molecule has 4 heteroatoms. The van der Waals surface area contributed by atoms with Crippen LogP contribution in [0.4, 0.5) is 0 Å². The van der Waals surface area contributed by atoms with Crippen LogP contribution in [0.1, 0.15) is 31.5 Å². The molecule has 96 valence electrons. The molecule has 0 aromatic carbocycles. The maximum Gasteiger partial charge on any atom is 0.109 e. The SMILES string of the molecule is Cn1ccnc1CCN1CCCC1CCCN. The second-order valence-corrected chi connectivity index (χ2v) is 4.97. The zero-order valence-corrected chi connectivity index (χ0v) is 10.8. The quantitative estimate of drug-likeness (QED) is 0.806. The molecule has 1 aromatic heterocycles. The average Bonchev–Trinajstić information content (AvgIpc) is 2.93. The van der Waals surface area contributed by atoms with E-state index < -0.39 is 0 Å². The molecule has 0 saturated carbocycles. The molecule has 1 fully saturated rings. The van der Waals surface area contributed by atoms with Gasteiger partial charge >= 0.3 is 0 Å². The third kappa shape index (κ3) is 3.30. The van der Waals surface area contributed by atoms with E-state index in [2.05, 4.69) is 21.5 Å². The van der Waals surface area contributed by atoms with Gasteiger partial charge in [0.1, 0.15) is 5.82 Å². The lowest BCUT2D eigenvalue weighted by Crippen LogP contribution is -2.32. The van der Waals surface area contributed by atoms with Crippen LogP contribution in [-0.4, -0.2) is 40.1 Å². The van der Waals surface area contributed by atoms with E-state index in [1.807, 2.05) is 12.4 Å². The van der Waals surface area contributed by atoms with E-state index in [0.717, 1.165) is 32.0 Å². The van der Waals surface area contributed by atoms with Gasteiger partial charge in [0, 0.05) is 38.4 Å². The molecule has 1 aliphatic heterocycles. The predicted molar refractivity (Wildman–Crippen MR) is 69.8 cm³/mol. The van der Waals surface area contributed by atoms with Gasteiger partial charge in [-0.1, -0.05) is 0 Å². The van der Waals surface area contributed by atoms with Crippen molar-refractivity contribution in [3.05, 3.63) is 18.2 Å². The van der Waals surface area contributed by atoms with Crippen molar-refractivity contribution in [2.45, 2.75) is 38.1 Å². The van der Waals surface area contributed by atoms with Crippen LogP contribution in [0.5, 0.6) is 0 Å². The Balaban J connectivity index is 1.80. The molecule has 2 rings (SSSR count). The van der Waals surface area contributed by atoms with Gasteiger partial charge in [-0.15, -0.1) is 0 Å². The Bertz CT molecular complexity index is 334. The summed E-state index contributed by atoms with van der Waals surface area (Å²) in [5, 5.41) is 0. The summed E-state index contributed by atoms with van der Waals surface area (Å²) < 4.78 is 2.12. The molecule has 0 bridgehead atoms. The minimum absolute atomic E-state index is 0.763. The minimum Gasteiger partial charge on any atom is -0.338 e. The van der Waals surface area contributed by atoms with E-state index in [1.54, 1.807) is 0 Å². The van der Waals surface area contributed by atoms with Crippen LogP contribution in [-0.2, 0) is 13.5 Å². The van der Waals surface area contributed by atoms with Crippen molar-refractivity contribution in [1.29, 1.82) is 0 Å². The van der Waals surface area contributed by atoms with Gasteiger partial charge in [0.05, 0.1) is 0 Å². The number of likely N-dealkylation sites (tertiary alicyclic amines) is 1. The Labute approximate surface area is 104 Å². The fraction of sp³-hybridized carbons (Fsp3) is 0.769. The van der Waals surface area contributed by atoms with E-state index in [9.17, 15) is 0 Å². The first-order valence-electron chi connectivity index (χ1n) is 6.71. The lowest BCUT2D eigenvalue weighted by Gasteiger charge is -2.24. The third-order valence-electron chi connectivity index (χ3n) is 3.78. The molecule has 0 aliphatic carbocycles. The highest BCUT2D eigenvalue weighted by Gasteiger charge is 2.23. The monoisotopic (exact) mass is 236 g/mol. The number of aryl methyl sites for hydroxylation is 1. The maximum atomic E-state index is 5.59. The van der Waals surface area contributed by atoms with Crippen LogP contribution in [0.2, 0.25) is 0 Å². The maximum absolute atomic E-state index is 5.59. The van der Waals surface area contributed by atoms with Crippen LogP contribution in [0, 0.1) is 0 Å². The highest BCUT2D eigenvalue weighted by Crippen LogP contribution is 2.21. The van der Waals surface area contributed by atoms with E-state index in [1.165, 1.54) is 31.6 Å². The molecule has 2 N–H and O–H groups in total. The Morgan fingerprint density at radius 2 is 2.41 bits per heavy atom. The largest absolute Gasteiger partial charge is 0.338 e. The summed E-state index contributed by atoms with van der Waals surface area (Å²) >= 11 is 0.